The van der Waals surface area contributed by atoms with Crippen molar-refractivity contribution >= 4 is 11.6 Å². The lowest BCUT2D eigenvalue weighted by Crippen LogP contribution is -2.52. The summed E-state index contributed by atoms with van der Waals surface area (Å²) in [6.07, 6.45) is 0. The second-order valence-corrected chi connectivity index (χ2v) is 6.62. The summed E-state index contributed by atoms with van der Waals surface area (Å²) in [6, 6.07) is 11.8. The van der Waals surface area contributed by atoms with Crippen molar-refractivity contribution in [1.29, 1.82) is 0 Å². The Balaban J connectivity index is 1.66. The highest BCUT2D eigenvalue weighted by Crippen LogP contribution is 2.23. The number of methoxy groups -OCH3 is 1. The summed E-state index contributed by atoms with van der Waals surface area (Å²) in [6.45, 7) is 6.46. The molecule has 3 rings (SSSR count). The summed E-state index contributed by atoms with van der Waals surface area (Å²) in [5.74, 6) is 1.51. The van der Waals surface area contributed by atoms with Gasteiger partial charge in [-0.15, -0.1) is 0 Å². The van der Waals surface area contributed by atoms with Gasteiger partial charge in [0.25, 0.3) is 0 Å². The van der Waals surface area contributed by atoms with Crippen LogP contribution in [0.15, 0.2) is 47.5 Å². The molecule has 1 saturated heterocycles. The van der Waals surface area contributed by atoms with Crippen LogP contribution in [0, 0.1) is 5.82 Å². The molecule has 1 fully saturated rings. The van der Waals surface area contributed by atoms with Gasteiger partial charge in [-0.25, -0.2) is 9.38 Å². The van der Waals surface area contributed by atoms with Gasteiger partial charge in [0.15, 0.2) is 5.96 Å². The molecule has 0 bridgehead atoms. The number of rotatable bonds is 5. The number of hydrogen-bond acceptors (Lipinski definition) is 4. The SMILES string of the molecule is CCNC(=NCc1cc(OC)ccc1O)N1CCN(c2ccc(F)cc2)CC1. The van der Waals surface area contributed by atoms with E-state index < -0.39 is 0 Å². The van der Waals surface area contributed by atoms with Crippen LogP contribution in [-0.4, -0.2) is 55.8 Å². The Hall–Kier alpha value is -2.96. The summed E-state index contributed by atoms with van der Waals surface area (Å²) in [5.41, 5.74) is 1.75. The van der Waals surface area contributed by atoms with Crippen LogP contribution in [0.25, 0.3) is 0 Å². The molecule has 0 unspecified atom stereocenters. The molecule has 0 radical (unpaired) electrons. The fraction of sp³-hybridized carbons (Fsp3) is 0.381. The van der Waals surface area contributed by atoms with Crippen LogP contribution >= 0.6 is 0 Å². The second kappa shape index (κ2) is 9.30. The first-order valence-corrected chi connectivity index (χ1v) is 9.50. The van der Waals surface area contributed by atoms with E-state index in [0.29, 0.717) is 12.3 Å². The molecular weight excluding hydrogens is 359 g/mol. The number of halogens is 1. The summed E-state index contributed by atoms with van der Waals surface area (Å²) in [4.78, 5) is 9.15. The molecule has 2 aromatic rings. The predicted octanol–water partition coefficient (Wildman–Crippen LogP) is 2.83. The number of phenolic OH excluding ortho intramolecular Hbond substituents is 1. The molecule has 0 saturated carbocycles. The van der Waals surface area contributed by atoms with Gasteiger partial charge in [0.05, 0.1) is 13.7 Å². The van der Waals surface area contributed by atoms with E-state index in [-0.39, 0.29) is 11.6 Å². The second-order valence-electron chi connectivity index (χ2n) is 6.62. The molecule has 1 aliphatic rings. The number of benzene rings is 2. The van der Waals surface area contributed by atoms with Crippen LogP contribution in [0.5, 0.6) is 11.5 Å². The number of guanidine groups is 1. The van der Waals surface area contributed by atoms with Crippen LogP contribution in [-0.2, 0) is 6.54 Å². The van der Waals surface area contributed by atoms with E-state index in [4.69, 9.17) is 9.73 Å². The minimum atomic E-state index is -0.218. The van der Waals surface area contributed by atoms with Gasteiger partial charge in [0.1, 0.15) is 17.3 Å². The highest BCUT2D eigenvalue weighted by molar-refractivity contribution is 5.80. The highest BCUT2D eigenvalue weighted by Gasteiger charge is 2.20. The Labute approximate surface area is 165 Å². The Bertz CT molecular complexity index is 803. The number of aliphatic imine (C=N–C) groups is 1. The van der Waals surface area contributed by atoms with Gasteiger partial charge in [0.2, 0.25) is 0 Å². The van der Waals surface area contributed by atoms with Crippen molar-refractivity contribution in [3.05, 3.63) is 53.8 Å². The molecule has 1 aliphatic heterocycles. The molecule has 28 heavy (non-hydrogen) atoms. The van der Waals surface area contributed by atoms with Crippen molar-refractivity contribution in [3.8, 4) is 11.5 Å². The number of nitrogens with zero attached hydrogens (tertiary/aromatic N) is 3. The third kappa shape index (κ3) is 4.85. The van der Waals surface area contributed by atoms with E-state index in [1.54, 1.807) is 25.3 Å². The Morgan fingerprint density at radius 3 is 2.50 bits per heavy atom. The fourth-order valence-corrected chi connectivity index (χ4v) is 3.23. The maximum Gasteiger partial charge on any atom is 0.194 e. The van der Waals surface area contributed by atoms with Gasteiger partial charge >= 0.3 is 0 Å². The standard InChI is InChI=1S/C21H27FN4O2/c1-3-23-21(24-15-16-14-19(28-2)8-9-20(16)27)26-12-10-25(11-13-26)18-6-4-17(22)5-7-18/h4-9,14,27H,3,10-13,15H2,1-2H3,(H,23,24). The highest BCUT2D eigenvalue weighted by atomic mass is 19.1. The summed E-state index contributed by atoms with van der Waals surface area (Å²) < 4.78 is 18.4. The Morgan fingerprint density at radius 1 is 1.14 bits per heavy atom. The van der Waals surface area contributed by atoms with E-state index in [0.717, 1.165) is 49.9 Å². The first-order valence-electron chi connectivity index (χ1n) is 9.50. The molecule has 0 atom stereocenters. The molecule has 1 heterocycles. The van der Waals surface area contributed by atoms with E-state index in [1.165, 1.54) is 12.1 Å². The van der Waals surface area contributed by atoms with E-state index in [2.05, 4.69) is 15.1 Å². The zero-order valence-corrected chi connectivity index (χ0v) is 16.4. The van der Waals surface area contributed by atoms with Gasteiger partial charge in [-0.3, -0.25) is 0 Å². The molecular formula is C21H27FN4O2. The zero-order chi connectivity index (χ0) is 19.9. The minimum Gasteiger partial charge on any atom is -0.508 e. The average Bonchev–Trinajstić information content (AvgIpc) is 2.73. The largest absolute Gasteiger partial charge is 0.508 e. The maximum atomic E-state index is 13.1. The molecule has 0 amide bonds. The lowest BCUT2D eigenvalue weighted by Gasteiger charge is -2.37. The van der Waals surface area contributed by atoms with E-state index >= 15 is 0 Å². The molecule has 0 aliphatic carbocycles. The number of anilines is 1. The van der Waals surface area contributed by atoms with Crippen molar-refractivity contribution in [3.63, 3.8) is 0 Å². The van der Waals surface area contributed by atoms with Crippen LogP contribution in [0.1, 0.15) is 12.5 Å². The van der Waals surface area contributed by atoms with Gasteiger partial charge < -0.3 is 25.0 Å². The summed E-state index contributed by atoms with van der Waals surface area (Å²) in [5, 5.41) is 13.4. The first kappa shape index (κ1) is 19.8. The maximum absolute atomic E-state index is 13.1. The van der Waals surface area contributed by atoms with Crippen LogP contribution in [0.3, 0.4) is 0 Å². The summed E-state index contributed by atoms with van der Waals surface area (Å²) >= 11 is 0. The molecule has 6 nitrogen and oxygen atoms in total. The molecule has 2 N–H and O–H groups in total. The third-order valence-corrected chi connectivity index (χ3v) is 4.79. The van der Waals surface area contributed by atoms with Crippen molar-refractivity contribution in [2.45, 2.75) is 13.5 Å². The lowest BCUT2D eigenvalue weighted by atomic mass is 10.2. The summed E-state index contributed by atoms with van der Waals surface area (Å²) in [7, 11) is 1.60. The van der Waals surface area contributed by atoms with Crippen molar-refractivity contribution in [2.75, 3.05) is 44.7 Å². The first-order chi connectivity index (χ1) is 13.6. The van der Waals surface area contributed by atoms with Gasteiger partial charge in [0, 0.05) is 44.0 Å². The topological polar surface area (TPSA) is 60.3 Å². The number of ether oxygens (including phenoxy) is 1. The number of hydrogen-bond donors (Lipinski definition) is 2. The number of nitrogens with one attached hydrogen (secondary N) is 1. The van der Waals surface area contributed by atoms with E-state index in [1.807, 2.05) is 19.1 Å². The van der Waals surface area contributed by atoms with Crippen molar-refractivity contribution in [2.24, 2.45) is 4.99 Å². The zero-order valence-electron chi connectivity index (χ0n) is 16.4. The monoisotopic (exact) mass is 386 g/mol. The van der Waals surface area contributed by atoms with Gasteiger partial charge in [-0.05, 0) is 49.4 Å². The number of piperazine rings is 1. The third-order valence-electron chi connectivity index (χ3n) is 4.79. The normalized spacial score (nSPS) is 14.9. The smallest absolute Gasteiger partial charge is 0.194 e. The van der Waals surface area contributed by atoms with Crippen LogP contribution < -0.4 is 15.0 Å². The number of phenols is 1. The molecule has 7 heteroatoms. The molecule has 2 aromatic carbocycles. The quantitative estimate of drug-likeness (QED) is 0.611. The van der Waals surface area contributed by atoms with Gasteiger partial charge in [-0.1, -0.05) is 0 Å². The van der Waals surface area contributed by atoms with Crippen molar-refractivity contribution in [1.82, 2.24) is 10.2 Å². The molecule has 150 valence electrons. The predicted molar refractivity (Wildman–Crippen MR) is 110 cm³/mol. The number of aromatic hydroxyl groups is 1. The molecule has 0 aromatic heterocycles. The van der Waals surface area contributed by atoms with Crippen molar-refractivity contribution < 1.29 is 14.2 Å². The fourth-order valence-electron chi connectivity index (χ4n) is 3.23. The Morgan fingerprint density at radius 2 is 1.86 bits per heavy atom. The average molecular weight is 386 g/mol. The van der Waals surface area contributed by atoms with Gasteiger partial charge in [-0.2, -0.15) is 0 Å². The van der Waals surface area contributed by atoms with E-state index in [9.17, 15) is 9.50 Å². The van der Waals surface area contributed by atoms with Crippen LogP contribution in [0.2, 0.25) is 0 Å². The van der Waals surface area contributed by atoms with Crippen LogP contribution in [0.4, 0.5) is 10.1 Å². The lowest BCUT2D eigenvalue weighted by molar-refractivity contribution is 0.372. The Kier molecular flexibility index (Phi) is 6.57. The molecule has 0 spiro atoms. The minimum absolute atomic E-state index is 0.210.